The molecule has 1 heterocycles. The Morgan fingerprint density at radius 2 is 1.82 bits per heavy atom. The van der Waals surface area contributed by atoms with Crippen molar-refractivity contribution < 1.29 is 24.2 Å². The number of hydrogen-bond donors (Lipinski definition) is 1. The van der Waals surface area contributed by atoms with Gasteiger partial charge in [0.15, 0.2) is 0 Å². The number of thiophene rings is 1. The van der Waals surface area contributed by atoms with Gasteiger partial charge < -0.3 is 14.7 Å². The number of carbonyl (C=O) groups excluding carboxylic acids is 2. The maximum atomic E-state index is 13.9. The van der Waals surface area contributed by atoms with Crippen molar-refractivity contribution in [2.45, 2.75) is 66.3 Å². The molecule has 0 spiro atoms. The highest BCUT2D eigenvalue weighted by atomic mass is 32.1. The molecule has 7 nitrogen and oxygen atoms in total. The van der Waals surface area contributed by atoms with Gasteiger partial charge in [-0.3, -0.25) is 14.5 Å². The summed E-state index contributed by atoms with van der Waals surface area (Å²) in [5.41, 5.74) is -0.0422. The lowest BCUT2D eigenvalue weighted by molar-refractivity contribution is -0.135. The zero-order valence-corrected chi connectivity index (χ0v) is 22.3. The minimum atomic E-state index is -1.15. The third-order valence-electron chi connectivity index (χ3n) is 5.85. The van der Waals surface area contributed by atoms with Crippen LogP contribution in [0.25, 0.3) is 0 Å². The van der Waals surface area contributed by atoms with Crippen LogP contribution in [0.1, 0.15) is 74.9 Å². The van der Waals surface area contributed by atoms with Gasteiger partial charge in [0.05, 0.1) is 17.2 Å². The molecule has 1 aromatic rings. The van der Waals surface area contributed by atoms with Crippen molar-refractivity contribution in [3.63, 3.8) is 0 Å². The van der Waals surface area contributed by atoms with Crippen molar-refractivity contribution >= 4 is 34.8 Å². The fourth-order valence-electron chi connectivity index (χ4n) is 3.95. The minimum absolute atomic E-state index is 0.00351. The van der Waals surface area contributed by atoms with E-state index in [1.54, 1.807) is 20.2 Å². The largest absolute Gasteiger partial charge is 0.477 e. The van der Waals surface area contributed by atoms with Crippen LogP contribution in [0.2, 0.25) is 0 Å². The van der Waals surface area contributed by atoms with E-state index in [1.165, 1.54) is 9.80 Å². The number of amides is 2. The number of likely N-dealkylation sites (N-methyl/N-ethyl adjacent to an activating group) is 1. The Hall–Kier alpha value is -2.37. The molecule has 1 fully saturated rings. The number of ether oxygens (including phenoxy) is 1. The third-order valence-corrected chi connectivity index (χ3v) is 6.87. The van der Waals surface area contributed by atoms with E-state index in [-0.39, 0.29) is 40.3 Å². The first-order valence-electron chi connectivity index (χ1n) is 11.9. The number of aromatic carboxylic acids is 1. The average Bonchev–Trinajstić information content (AvgIpc) is 3.18. The lowest BCUT2D eigenvalue weighted by Gasteiger charge is -2.36. The Balaban J connectivity index is 2.64. The predicted molar refractivity (Wildman–Crippen MR) is 135 cm³/mol. The highest BCUT2D eigenvalue weighted by Gasteiger charge is 2.39. The lowest BCUT2D eigenvalue weighted by Crippen LogP contribution is -2.54. The van der Waals surface area contributed by atoms with E-state index in [0.29, 0.717) is 17.4 Å². The average molecular weight is 491 g/mol. The van der Waals surface area contributed by atoms with E-state index >= 15 is 0 Å². The molecule has 1 N–H and O–H groups in total. The maximum absolute atomic E-state index is 13.9. The summed E-state index contributed by atoms with van der Waals surface area (Å²) in [6.45, 7) is 10.3. The molecule has 0 radical (unpaired) electrons. The van der Waals surface area contributed by atoms with E-state index in [2.05, 4.69) is 18.8 Å². The van der Waals surface area contributed by atoms with Gasteiger partial charge in [0, 0.05) is 32.0 Å². The van der Waals surface area contributed by atoms with E-state index in [0.717, 1.165) is 37.0 Å². The van der Waals surface area contributed by atoms with Gasteiger partial charge in [-0.05, 0) is 65.4 Å². The molecule has 1 saturated carbocycles. The summed E-state index contributed by atoms with van der Waals surface area (Å²) < 4.78 is 5.61. The van der Waals surface area contributed by atoms with Crippen molar-refractivity contribution in [3.8, 4) is 11.8 Å². The summed E-state index contributed by atoms with van der Waals surface area (Å²) in [5.74, 6) is 4.79. The Morgan fingerprint density at radius 3 is 2.32 bits per heavy atom. The summed E-state index contributed by atoms with van der Waals surface area (Å²) in [6, 6.07) is 0.677. The van der Waals surface area contributed by atoms with E-state index in [4.69, 9.17) is 4.74 Å². The fraction of sp³-hybridized carbons (Fsp3) is 0.654. The zero-order valence-electron chi connectivity index (χ0n) is 21.4. The maximum Gasteiger partial charge on any atom is 0.348 e. The van der Waals surface area contributed by atoms with Crippen LogP contribution in [0.5, 0.6) is 0 Å². The second-order valence-electron chi connectivity index (χ2n) is 10.2. The highest BCUT2D eigenvalue weighted by molar-refractivity contribution is 7.15. The predicted octanol–water partition coefficient (Wildman–Crippen LogP) is 4.50. The third kappa shape index (κ3) is 7.31. The Kier molecular flexibility index (Phi) is 9.72. The van der Waals surface area contributed by atoms with Gasteiger partial charge in [-0.15, -0.1) is 11.3 Å². The summed E-state index contributed by atoms with van der Waals surface area (Å²) in [7, 11) is 3.25. The molecule has 0 aromatic carbocycles. The first-order valence-corrected chi connectivity index (χ1v) is 12.7. The molecule has 0 unspecified atom stereocenters. The number of carbonyl (C=O) groups is 3. The molecule has 1 aliphatic rings. The molecule has 2 amide bonds. The van der Waals surface area contributed by atoms with Crippen molar-refractivity contribution in [1.82, 2.24) is 4.90 Å². The molecular formula is C26H38N2O5S. The van der Waals surface area contributed by atoms with Gasteiger partial charge in [0.1, 0.15) is 10.9 Å². The minimum Gasteiger partial charge on any atom is -0.477 e. The van der Waals surface area contributed by atoms with Gasteiger partial charge in [-0.25, -0.2) is 4.79 Å². The van der Waals surface area contributed by atoms with E-state index in [9.17, 15) is 19.5 Å². The second kappa shape index (κ2) is 11.9. The SMILES string of the molecule is CCOC[C@@H](C(=O)N(C)C)N(c1cc(C#CC(C)(C)C)sc1C(=O)O)C(=O)[C@H]1CC[C@H](C)CC1. The number of rotatable bonds is 8. The molecule has 1 aliphatic carbocycles. The van der Waals surface area contributed by atoms with E-state index < -0.39 is 12.0 Å². The van der Waals surface area contributed by atoms with E-state index in [1.807, 2.05) is 27.7 Å². The molecule has 0 bridgehead atoms. The number of hydrogen-bond acceptors (Lipinski definition) is 5. The Labute approximate surface area is 207 Å². The molecule has 1 aromatic heterocycles. The van der Waals surface area contributed by atoms with Crippen molar-refractivity contribution in [2.24, 2.45) is 17.3 Å². The van der Waals surface area contributed by atoms with Crippen LogP contribution in [0.3, 0.4) is 0 Å². The Morgan fingerprint density at radius 1 is 1.21 bits per heavy atom. The van der Waals surface area contributed by atoms with Gasteiger partial charge >= 0.3 is 5.97 Å². The topological polar surface area (TPSA) is 87.2 Å². The summed E-state index contributed by atoms with van der Waals surface area (Å²) >= 11 is 1.03. The molecule has 8 heteroatoms. The molecule has 188 valence electrons. The van der Waals surface area contributed by atoms with Crippen LogP contribution in [0.15, 0.2) is 6.07 Å². The molecule has 34 heavy (non-hydrogen) atoms. The highest BCUT2D eigenvalue weighted by Crippen LogP contribution is 2.36. The van der Waals surface area contributed by atoms with Gasteiger partial charge in [0.2, 0.25) is 11.8 Å². The van der Waals surface area contributed by atoms with Gasteiger partial charge in [-0.2, -0.15) is 0 Å². The molecule has 0 aliphatic heterocycles. The Bertz CT molecular complexity index is 943. The number of anilines is 1. The van der Waals surface area contributed by atoms with Crippen LogP contribution >= 0.6 is 11.3 Å². The summed E-state index contributed by atoms with van der Waals surface area (Å²) in [4.78, 5) is 42.7. The second-order valence-corrected chi connectivity index (χ2v) is 11.3. The smallest absolute Gasteiger partial charge is 0.348 e. The molecule has 0 saturated heterocycles. The number of carboxylic acids is 1. The number of nitrogens with zero attached hydrogens (tertiary/aromatic N) is 2. The number of carboxylic acid groups (broad SMARTS) is 1. The lowest BCUT2D eigenvalue weighted by atomic mass is 9.82. The molecule has 1 atom stereocenters. The standard InChI is InChI=1S/C26H38N2O5S/c1-8-33-16-21(24(30)27(6)7)28(23(29)18-11-9-17(2)10-12-18)20-15-19(13-14-26(3,4)5)34-22(20)25(31)32/h15,17-18,21H,8-12,16H2,1-7H3,(H,31,32)/t17-,18-,21-/m0/s1. The molecule has 2 rings (SSSR count). The normalized spacial score (nSPS) is 19.0. The van der Waals surface area contributed by atoms with Crippen LogP contribution < -0.4 is 4.90 Å². The first kappa shape index (κ1) is 27.9. The fourth-order valence-corrected chi connectivity index (χ4v) is 4.79. The quantitative estimate of drug-likeness (QED) is 0.542. The summed E-state index contributed by atoms with van der Waals surface area (Å²) in [5, 5.41) is 9.99. The van der Waals surface area contributed by atoms with Crippen LogP contribution in [0.4, 0.5) is 5.69 Å². The van der Waals surface area contributed by atoms with Gasteiger partial charge in [-0.1, -0.05) is 18.8 Å². The van der Waals surface area contributed by atoms with Crippen LogP contribution in [-0.4, -0.2) is 61.1 Å². The first-order chi connectivity index (χ1) is 15.9. The zero-order chi connectivity index (χ0) is 25.6. The monoisotopic (exact) mass is 490 g/mol. The van der Waals surface area contributed by atoms with Crippen LogP contribution in [0, 0.1) is 29.1 Å². The van der Waals surface area contributed by atoms with Gasteiger partial charge in [0.25, 0.3) is 0 Å². The van der Waals surface area contributed by atoms with Crippen molar-refractivity contribution in [3.05, 3.63) is 15.8 Å². The summed E-state index contributed by atoms with van der Waals surface area (Å²) in [6.07, 6.45) is 3.30. The van der Waals surface area contributed by atoms with Crippen molar-refractivity contribution in [2.75, 3.05) is 32.2 Å². The van der Waals surface area contributed by atoms with Crippen LogP contribution in [-0.2, 0) is 14.3 Å². The molecular weight excluding hydrogens is 452 g/mol. The van der Waals surface area contributed by atoms with Crippen molar-refractivity contribution in [1.29, 1.82) is 0 Å².